The molecule has 3 heteroatoms. The first-order chi connectivity index (χ1) is 23.3. The van der Waals surface area contributed by atoms with Crippen LogP contribution in [0.5, 0.6) is 0 Å². The highest BCUT2D eigenvalue weighted by molar-refractivity contribution is 6.13. The molecule has 9 rings (SSSR count). The summed E-state index contributed by atoms with van der Waals surface area (Å²) >= 11 is 0. The molecule has 0 spiro atoms. The molecule has 0 radical (unpaired) electrons. The van der Waals surface area contributed by atoms with Crippen LogP contribution >= 0.6 is 0 Å². The van der Waals surface area contributed by atoms with Gasteiger partial charge in [-0.15, -0.1) is 0 Å². The third-order valence-corrected chi connectivity index (χ3v) is 11.0. The van der Waals surface area contributed by atoms with Gasteiger partial charge in [-0.05, 0) is 92.3 Å². The molecule has 5 aromatic carbocycles. The highest BCUT2D eigenvalue weighted by atomic mass is 15.2. The minimum absolute atomic E-state index is 0.0540. The van der Waals surface area contributed by atoms with Crippen molar-refractivity contribution in [3.63, 3.8) is 0 Å². The summed E-state index contributed by atoms with van der Waals surface area (Å²) in [4.78, 5) is 10.6. The normalized spacial score (nSPS) is 19.5. The summed E-state index contributed by atoms with van der Waals surface area (Å²) in [7, 11) is 0. The predicted octanol–water partition coefficient (Wildman–Crippen LogP) is 10.6. The van der Waals surface area contributed by atoms with Crippen LogP contribution in [0.25, 0.3) is 27.8 Å². The van der Waals surface area contributed by atoms with Crippen molar-refractivity contribution in [1.82, 2.24) is 5.32 Å². The summed E-state index contributed by atoms with van der Waals surface area (Å²) in [5.41, 5.74) is 16.5. The lowest BCUT2D eigenvalue weighted by molar-refractivity contribution is 0.650. The standard InChI is InChI=1S/C45H39N3/c1-44(2)37-19-10-8-17-33(37)35-23-21-31(26-39(35)44)42-46-41(30-16-12-15-29(25-30)28-13-6-5-7-14-28)47-43(48-42)32-22-24-36-34-18-9-11-20-38(34)45(3,4)40(36)27-32/h5-8,10-17,19-27,41H,9,18H2,1-4H3,(H,46,47,48). The maximum Gasteiger partial charge on any atom is 0.159 e. The average molecular weight is 622 g/mol. The Kier molecular flexibility index (Phi) is 6.39. The highest BCUT2D eigenvalue weighted by Crippen LogP contribution is 2.51. The van der Waals surface area contributed by atoms with Gasteiger partial charge in [0.25, 0.3) is 0 Å². The lowest BCUT2D eigenvalue weighted by atomic mass is 9.79. The largest absolute Gasteiger partial charge is 0.344 e. The van der Waals surface area contributed by atoms with E-state index in [-0.39, 0.29) is 17.0 Å². The Bertz CT molecular complexity index is 2260. The Morgan fingerprint density at radius 1 is 0.604 bits per heavy atom. The molecule has 0 saturated heterocycles. The number of fused-ring (bicyclic) bond motifs is 5. The fourth-order valence-corrected chi connectivity index (χ4v) is 8.40. The molecule has 1 N–H and O–H groups in total. The SMILES string of the molecule is CC1(C)C2=C(CCC=C2)c2ccc(C3=NC(c4cccc(-c5ccccc5)c4)NC(c4ccc5c(c4)C(C)(C)c4ccccc4-5)=N3)cc21. The van der Waals surface area contributed by atoms with Crippen molar-refractivity contribution < 1.29 is 0 Å². The zero-order chi connectivity index (χ0) is 32.6. The van der Waals surface area contributed by atoms with Gasteiger partial charge in [0.05, 0.1) is 0 Å². The zero-order valence-corrected chi connectivity index (χ0v) is 28.0. The van der Waals surface area contributed by atoms with E-state index in [1.54, 1.807) is 0 Å². The number of amidine groups is 2. The molecule has 3 nitrogen and oxygen atoms in total. The lowest BCUT2D eigenvalue weighted by Crippen LogP contribution is -2.34. The summed E-state index contributed by atoms with van der Waals surface area (Å²) in [6, 6.07) is 41.9. The summed E-state index contributed by atoms with van der Waals surface area (Å²) in [6.45, 7) is 9.37. The van der Waals surface area contributed by atoms with Crippen LogP contribution in [0.2, 0.25) is 0 Å². The van der Waals surface area contributed by atoms with Crippen LogP contribution in [0.1, 0.15) is 85.6 Å². The number of nitrogens with one attached hydrogen (secondary N) is 1. The van der Waals surface area contributed by atoms with E-state index in [4.69, 9.17) is 9.98 Å². The molecule has 0 fully saturated rings. The molecule has 0 bridgehead atoms. The van der Waals surface area contributed by atoms with E-state index in [2.05, 4.69) is 160 Å². The first-order valence-corrected chi connectivity index (χ1v) is 17.2. The Morgan fingerprint density at radius 3 is 2.19 bits per heavy atom. The molecule has 1 atom stereocenters. The van der Waals surface area contributed by atoms with Gasteiger partial charge in [-0.3, -0.25) is 0 Å². The van der Waals surface area contributed by atoms with Gasteiger partial charge in [-0.25, -0.2) is 9.98 Å². The van der Waals surface area contributed by atoms with Crippen molar-refractivity contribution in [3.05, 3.63) is 172 Å². The van der Waals surface area contributed by atoms with Gasteiger partial charge >= 0.3 is 0 Å². The molecular formula is C45H39N3. The molecule has 4 aliphatic rings. The van der Waals surface area contributed by atoms with E-state index in [1.165, 1.54) is 55.7 Å². The predicted molar refractivity (Wildman–Crippen MR) is 200 cm³/mol. The van der Waals surface area contributed by atoms with Crippen LogP contribution in [0, 0.1) is 0 Å². The molecule has 0 saturated carbocycles. The van der Waals surface area contributed by atoms with Gasteiger partial charge in [0, 0.05) is 22.0 Å². The summed E-state index contributed by atoms with van der Waals surface area (Å²) in [5, 5.41) is 3.76. The van der Waals surface area contributed by atoms with Gasteiger partial charge in [-0.1, -0.05) is 137 Å². The van der Waals surface area contributed by atoms with E-state index in [9.17, 15) is 0 Å². The molecule has 0 amide bonds. The Hall–Kier alpha value is -5.28. The number of rotatable bonds is 4. The average Bonchev–Trinajstić information content (AvgIpc) is 3.51. The molecule has 234 valence electrons. The smallest absolute Gasteiger partial charge is 0.159 e. The number of nitrogens with zero attached hydrogens (tertiary/aromatic N) is 2. The van der Waals surface area contributed by atoms with Crippen LogP contribution < -0.4 is 5.32 Å². The summed E-state index contributed by atoms with van der Waals surface area (Å²) < 4.78 is 0. The Morgan fingerprint density at radius 2 is 1.31 bits per heavy atom. The quantitative estimate of drug-likeness (QED) is 0.213. The molecule has 3 aliphatic carbocycles. The number of hydrogen-bond acceptors (Lipinski definition) is 3. The van der Waals surface area contributed by atoms with Crippen LogP contribution in [-0.2, 0) is 10.8 Å². The maximum absolute atomic E-state index is 5.32. The molecule has 5 aromatic rings. The third kappa shape index (κ3) is 4.41. The van der Waals surface area contributed by atoms with E-state index < -0.39 is 0 Å². The molecule has 0 aromatic heterocycles. The molecular weight excluding hydrogens is 583 g/mol. The number of benzene rings is 5. The van der Waals surface area contributed by atoms with Crippen molar-refractivity contribution in [1.29, 1.82) is 0 Å². The number of aliphatic imine (C=N–C) groups is 2. The first kappa shape index (κ1) is 28.9. The fraction of sp³-hybridized carbons (Fsp3) is 0.200. The van der Waals surface area contributed by atoms with Crippen molar-refractivity contribution in [3.8, 4) is 22.3 Å². The van der Waals surface area contributed by atoms with Gasteiger partial charge in [0.2, 0.25) is 0 Å². The van der Waals surface area contributed by atoms with Gasteiger partial charge in [0.1, 0.15) is 12.0 Å². The van der Waals surface area contributed by atoms with Crippen LogP contribution in [-0.4, -0.2) is 11.7 Å². The number of allylic oxidation sites excluding steroid dienone is 4. The Balaban J connectivity index is 1.17. The van der Waals surface area contributed by atoms with Gasteiger partial charge < -0.3 is 5.32 Å². The first-order valence-electron chi connectivity index (χ1n) is 17.2. The highest BCUT2D eigenvalue weighted by Gasteiger charge is 2.38. The second-order valence-corrected chi connectivity index (χ2v) is 14.6. The molecule has 1 heterocycles. The monoisotopic (exact) mass is 621 g/mol. The van der Waals surface area contributed by atoms with E-state index >= 15 is 0 Å². The van der Waals surface area contributed by atoms with Crippen LogP contribution in [0.3, 0.4) is 0 Å². The molecule has 1 aliphatic heterocycles. The lowest BCUT2D eigenvalue weighted by Gasteiger charge is -2.26. The van der Waals surface area contributed by atoms with Crippen LogP contribution in [0.4, 0.5) is 0 Å². The van der Waals surface area contributed by atoms with Gasteiger partial charge in [0.15, 0.2) is 5.84 Å². The van der Waals surface area contributed by atoms with Crippen molar-refractivity contribution in [2.45, 2.75) is 57.5 Å². The fourth-order valence-electron chi connectivity index (χ4n) is 8.40. The second kappa shape index (κ2) is 10.6. The van der Waals surface area contributed by atoms with Gasteiger partial charge in [-0.2, -0.15) is 0 Å². The Labute approximate surface area is 283 Å². The van der Waals surface area contributed by atoms with Crippen molar-refractivity contribution in [2.75, 3.05) is 0 Å². The minimum atomic E-state index is -0.287. The second-order valence-electron chi connectivity index (χ2n) is 14.6. The van der Waals surface area contributed by atoms with E-state index in [1.807, 2.05) is 0 Å². The maximum atomic E-state index is 5.32. The minimum Gasteiger partial charge on any atom is -0.344 e. The van der Waals surface area contributed by atoms with Crippen molar-refractivity contribution in [2.24, 2.45) is 9.98 Å². The topological polar surface area (TPSA) is 36.8 Å². The van der Waals surface area contributed by atoms with E-state index in [0.717, 1.165) is 41.2 Å². The zero-order valence-electron chi connectivity index (χ0n) is 28.0. The molecule has 1 unspecified atom stereocenters. The number of hydrogen-bond donors (Lipinski definition) is 1. The summed E-state index contributed by atoms with van der Waals surface area (Å²) in [6.07, 6.45) is 6.60. The van der Waals surface area contributed by atoms with Crippen LogP contribution in [0.15, 0.2) is 143 Å². The third-order valence-electron chi connectivity index (χ3n) is 11.0. The van der Waals surface area contributed by atoms with E-state index in [0.29, 0.717) is 0 Å². The molecule has 48 heavy (non-hydrogen) atoms. The summed E-state index contributed by atoms with van der Waals surface area (Å²) in [5.74, 6) is 1.62. The van der Waals surface area contributed by atoms with Crippen molar-refractivity contribution >= 4 is 17.2 Å².